The lowest BCUT2D eigenvalue weighted by atomic mass is 10.4. The highest BCUT2D eigenvalue weighted by atomic mass is 32.1. The molecule has 2 heterocycles. The molecule has 1 aromatic heterocycles. The second-order valence-corrected chi connectivity index (χ2v) is 4.69. The standard InChI is InChI=1S/C9H14N4OS/c10-12-9(14)7-5-11-8(15-7)6-13-3-1-2-4-13/h5H,1-4,6,10H2,(H,12,14). The number of likely N-dealkylation sites (tertiary alicyclic amines) is 1. The maximum Gasteiger partial charge on any atom is 0.276 e. The molecule has 1 amide bonds. The van der Waals surface area contributed by atoms with E-state index in [1.165, 1.54) is 24.2 Å². The maximum atomic E-state index is 11.2. The molecule has 1 fully saturated rings. The van der Waals surface area contributed by atoms with Crippen LogP contribution in [0.2, 0.25) is 0 Å². The van der Waals surface area contributed by atoms with E-state index in [9.17, 15) is 4.79 Å². The van der Waals surface area contributed by atoms with Crippen molar-refractivity contribution in [3.63, 3.8) is 0 Å². The number of carbonyl (C=O) groups is 1. The second-order valence-electron chi connectivity index (χ2n) is 3.57. The first-order chi connectivity index (χ1) is 7.29. The van der Waals surface area contributed by atoms with Crippen molar-refractivity contribution in [3.05, 3.63) is 16.1 Å². The molecule has 6 heteroatoms. The minimum absolute atomic E-state index is 0.264. The van der Waals surface area contributed by atoms with Crippen LogP contribution in [0.1, 0.15) is 27.5 Å². The SMILES string of the molecule is NNC(=O)c1cnc(CN2CCCC2)s1. The van der Waals surface area contributed by atoms with Gasteiger partial charge in [-0.05, 0) is 25.9 Å². The quantitative estimate of drug-likeness (QED) is 0.443. The molecular weight excluding hydrogens is 212 g/mol. The van der Waals surface area contributed by atoms with E-state index in [1.807, 2.05) is 0 Å². The van der Waals surface area contributed by atoms with Gasteiger partial charge < -0.3 is 0 Å². The number of amides is 1. The summed E-state index contributed by atoms with van der Waals surface area (Å²) in [6.07, 6.45) is 4.11. The fourth-order valence-electron chi connectivity index (χ4n) is 1.69. The number of nitrogens with zero attached hydrogens (tertiary/aromatic N) is 2. The fraction of sp³-hybridized carbons (Fsp3) is 0.556. The van der Waals surface area contributed by atoms with E-state index in [-0.39, 0.29) is 5.91 Å². The van der Waals surface area contributed by atoms with Gasteiger partial charge >= 0.3 is 0 Å². The predicted octanol–water partition coefficient (Wildman–Crippen LogP) is 0.342. The van der Waals surface area contributed by atoms with Crippen LogP contribution in [0.5, 0.6) is 0 Å². The Morgan fingerprint density at radius 2 is 2.33 bits per heavy atom. The Bertz CT molecular complexity index is 346. The van der Waals surface area contributed by atoms with Crippen molar-refractivity contribution in [2.45, 2.75) is 19.4 Å². The van der Waals surface area contributed by atoms with Crippen LogP contribution in [-0.4, -0.2) is 28.9 Å². The molecule has 0 bridgehead atoms. The highest BCUT2D eigenvalue weighted by Gasteiger charge is 2.15. The van der Waals surface area contributed by atoms with Gasteiger partial charge in [0.05, 0.1) is 12.7 Å². The van der Waals surface area contributed by atoms with E-state index in [4.69, 9.17) is 5.84 Å². The Kier molecular flexibility index (Phi) is 3.30. The van der Waals surface area contributed by atoms with E-state index >= 15 is 0 Å². The number of hydrogen-bond donors (Lipinski definition) is 2. The molecule has 1 aromatic rings. The van der Waals surface area contributed by atoms with E-state index in [0.717, 1.165) is 24.6 Å². The first-order valence-corrected chi connectivity index (χ1v) is 5.79. The molecule has 0 aliphatic carbocycles. The summed E-state index contributed by atoms with van der Waals surface area (Å²) < 4.78 is 0. The van der Waals surface area contributed by atoms with Gasteiger partial charge in [-0.2, -0.15) is 0 Å². The van der Waals surface area contributed by atoms with Crippen LogP contribution < -0.4 is 11.3 Å². The summed E-state index contributed by atoms with van der Waals surface area (Å²) in [5.74, 6) is 4.78. The number of nitrogens with one attached hydrogen (secondary N) is 1. The average Bonchev–Trinajstić information content (AvgIpc) is 2.88. The highest BCUT2D eigenvalue weighted by molar-refractivity contribution is 7.13. The summed E-state index contributed by atoms with van der Waals surface area (Å²) in [5, 5.41) is 0.982. The van der Waals surface area contributed by atoms with Gasteiger partial charge in [0.2, 0.25) is 0 Å². The number of carbonyl (C=O) groups excluding carboxylic acids is 1. The molecule has 0 unspecified atom stereocenters. The largest absolute Gasteiger partial charge is 0.297 e. The maximum absolute atomic E-state index is 11.2. The number of rotatable bonds is 3. The number of hydrazine groups is 1. The Morgan fingerprint density at radius 1 is 1.60 bits per heavy atom. The van der Waals surface area contributed by atoms with Crippen LogP contribution in [-0.2, 0) is 6.54 Å². The first-order valence-electron chi connectivity index (χ1n) is 4.97. The van der Waals surface area contributed by atoms with Crippen LogP contribution in [0.15, 0.2) is 6.20 Å². The Balaban J connectivity index is 1.97. The number of aromatic nitrogens is 1. The molecule has 3 N–H and O–H groups in total. The summed E-state index contributed by atoms with van der Waals surface area (Å²) in [5.41, 5.74) is 2.11. The van der Waals surface area contributed by atoms with Gasteiger partial charge in [-0.25, -0.2) is 10.8 Å². The summed E-state index contributed by atoms with van der Waals surface area (Å²) in [4.78, 5) is 18.3. The van der Waals surface area contributed by atoms with Crippen molar-refractivity contribution in [2.75, 3.05) is 13.1 Å². The van der Waals surface area contributed by atoms with E-state index in [2.05, 4.69) is 15.3 Å². The van der Waals surface area contributed by atoms with E-state index in [1.54, 1.807) is 6.20 Å². The monoisotopic (exact) mass is 226 g/mol. The van der Waals surface area contributed by atoms with Crippen molar-refractivity contribution < 1.29 is 4.79 Å². The molecule has 0 atom stereocenters. The Hall–Kier alpha value is -0.980. The molecule has 1 saturated heterocycles. The topological polar surface area (TPSA) is 71.2 Å². The second kappa shape index (κ2) is 4.69. The number of nitrogen functional groups attached to an aromatic ring is 1. The zero-order valence-corrected chi connectivity index (χ0v) is 9.22. The highest BCUT2D eigenvalue weighted by Crippen LogP contribution is 2.17. The molecule has 0 saturated carbocycles. The lowest BCUT2D eigenvalue weighted by molar-refractivity contribution is 0.0957. The van der Waals surface area contributed by atoms with Gasteiger partial charge in [0.15, 0.2) is 0 Å². The lowest BCUT2D eigenvalue weighted by Gasteiger charge is -2.11. The third kappa shape index (κ3) is 2.53. The van der Waals surface area contributed by atoms with Crippen molar-refractivity contribution in [2.24, 2.45) is 5.84 Å². The van der Waals surface area contributed by atoms with Gasteiger partial charge in [0, 0.05) is 0 Å². The molecule has 0 aromatic carbocycles. The molecule has 0 spiro atoms. The van der Waals surface area contributed by atoms with Crippen LogP contribution in [0.4, 0.5) is 0 Å². The normalized spacial score (nSPS) is 16.9. The predicted molar refractivity (Wildman–Crippen MR) is 58.3 cm³/mol. The van der Waals surface area contributed by atoms with Crippen LogP contribution in [0.25, 0.3) is 0 Å². The molecule has 2 rings (SSSR count). The molecule has 1 aliphatic heterocycles. The van der Waals surface area contributed by atoms with Crippen LogP contribution >= 0.6 is 11.3 Å². The molecular formula is C9H14N4OS. The first kappa shape index (κ1) is 10.5. The average molecular weight is 226 g/mol. The minimum Gasteiger partial charge on any atom is -0.297 e. The van der Waals surface area contributed by atoms with Gasteiger partial charge in [-0.3, -0.25) is 15.1 Å². The molecule has 82 valence electrons. The third-order valence-corrected chi connectivity index (χ3v) is 3.45. The molecule has 5 nitrogen and oxygen atoms in total. The van der Waals surface area contributed by atoms with E-state index in [0.29, 0.717) is 4.88 Å². The van der Waals surface area contributed by atoms with Crippen molar-refractivity contribution in [1.29, 1.82) is 0 Å². The van der Waals surface area contributed by atoms with Crippen molar-refractivity contribution >= 4 is 17.2 Å². The summed E-state index contributed by atoms with van der Waals surface area (Å²) in [6, 6.07) is 0. The van der Waals surface area contributed by atoms with Gasteiger partial charge in [-0.1, -0.05) is 0 Å². The third-order valence-electron chi connectivity index (χ3n) is 2.47. The van der Waals surface area contributed by atoms with Crippen molar-refractivity contribution in [1.82, 2.24) is 15.3 Å². The Labute approximate surface area is 92.3 Å². The van der Waals surface area contributed by atoms with Crippen molar-refractivity contribution in [3.8, 4) is 0 Å². The molecule has 15 heavy (non-hydrogen) atoms. The number of hydrogen-bond acceptors (Lipinski definition) is 5. The number of nitrogens with two attached hydrogens (primary N) is 1. The molecule has 1 aliphatic rings. The summed E-state index contributed by atoms with van der Waals surface area (Å²) >= 11 is 1.41. The van der Waals surface area contributed by atoms with Gasteiger partial charge in [-0.15, -0.1) is 11.3 Å². The van der Waals surface area contributed by atoms with Crippen LogP contribution in [0, 0.1) is 0 Å². The summed E-state index contributed by atoms with van der Waals surface area (Å²) in [7, 11) is 0. The number of thiazole rings is 1. The molecule has 0 radical (unpaired) electrons. The van der Waals surface area contributed by atoms with E-state index < -0.39 is 0 Å². The van der Waals surface area contributed by atoms with Gasteiger partial charge in [0.25, 0.3) is 5.91 Å². The smallest absolute Gasteiger partial charge is 0.276 e. The van der Waals surface area contributed by atoms with Crippen LogP contribution in [0.3, 0.4) is 0 Å². The Morgan fingerprint density at radius 3 is 3.00 bits per heavy atom. The lowest BCUT2D eigenvalue weighted by Crippen LogP contribution is -2.29. The fourth-order valence-corrected chi connectivity index (χ4v) is 2.55. The minimum atomic E-state index is -0.264. The zero-order chi connectivity index (χ0) is 10.7. The van der Waals surface area contributed by atoms with Gasteiger partial charge in [0.1, 0.15) is 9.88 Å². The zero-order valence-electron chi connectivity index (χ0n) is 8.40. The summed E-state index contributed by atoms with van der Waals surface area (Å²) in [6.45, 7) is 3.12.